The molecule has 14 heteroatoms. The van der Waals surface area contributed by atoms with Crippen molar-refractivity contribution in [3.8, 4) is 0 Å². The first-order valence-corrected chi connectivity index (χ1v) is 17.5. The molecule has 48 heavy (non-hydrogen) atoms. The summed E-state index contributed by atoms with van der Waals surface area (Å²) in [5, 5.41) is 105. The van der Waals surface area contributed by atoms with Crippen LogP contribution in [0.3, 0.4) is 0 Å². The van der Waals surface area contributed by atoms with Crippen LogP contribution in [0.15, 0.2) is 12.2 Å². The van der Waals surface area contributed by atoms with Crippen molar-refractivity contribution in [1.29, 1.82) is 0 Å². The van der Waals surface area contributed by atoms with Gasteiger partial charge in [-0.05, 0) is 32.1 Å². The van der Waals surface area contributed by atoms with E-state index in [9.17, 15) is 4.79 Å². The van der Waals surface area contributed by atoms with Crippen molar-refractivity contribution in [1.82, 2.24) is 0 Å². The lowest BCUT2D eigenvalue weighted by Gasteiger charge is -2.01. The van der Waals surface area contributed by atoms with Crippen LogP contribution in [0, 0.1) is 0 Å². The topological polar surface area (TPSA) is 280 Å². The van der Waals surface area contributed by atoms with Crippen LogP contribution in [0.25, 0.3) is 0 Å². The van der Waals surface area contributed by atoms with Gasteiger partial charge < -0.3 is 66.4 Å². The number of carbonyl (C=O) groups is 1. The monoisotopic (exact) mass is 707 g/mol. The number of rotatable bonds is 27. The molecule has 0 bridgehead atoms. The van der Waals surface area contributed by atoms with E-state index in [4.69, 9.17) is 66.4 Å². The number of hydrogen-bond donors (Lipinski definition) is 13. The SMILES string of the molecule is CCCCCCCC/C=C\CCCCCCCCCCCC(=O)O.OCC(O)CO.OCC(O)CO.OCC(O)CO.OCC(O)CO. The summed E-state index contributed by atoms with van der Waals surface area (Å²) in [7, 11) is 0. The lowest BCUT2D eigenvalue weighted by Crippen LogP contribution is -2.15. The first-order valence-electron chi connectivity index (χ1n) is 17.5. The summed E-state index contributed by atoms with van der Waals surface area (Å²) in [6, 6.07) is 0. The molecular weight excluding hydrogens is 632 g/mol. The third kappa shape index (κ3) is 67.0. The van der Waals surface area contributed by atoms with Gasteiger partial charge in [0.25, 0.3) is 0 Å². The van der Waals surface area contributed by atoms with E-state index in [1.165, 1.54) is 96.3 Å². The van der Waals surface area contributed by atoms with Crippen LogP contribution >= 0.6 is 0 Å². The van der Waals surface area contributed by atoms with Crippen LogP contribution in [0.5, 0.6) is 0 Å². The molecule has 0 atom stereocenters. The Balaban J connectivity index is -0.000000206. The normalized spacial score (nSPS) is 10.7. The van der Waals surface area contributed by atoms with Crippen LogP contribution in [0.4, 0.5) is 0 Å². The standard InChI is InChI=1S/C22H42O2.4C3H8O3/c1-2-3-4-5-6-7-8-9-10-11-12-13-14-15-16-17-18-19-20-21-22(23)24;4*4-1-3(6)2-5/h9-10H,2-8,11-21H2,1H3,(H,23,24);4*3-6H,1-2H2/b10-9-;;;;. The van der Waals surface area contributed by atoms with E-state index in [2.05, 4.69) is 19.1 Å². The van der Waals surface area contributed by atoms with Gasteiger partial charge in [0.15, 0.2) is 0 Å². The quantitative estimate of drug-likeness (QED) is 0.0419. The predicted molar refractivity (Wildman–Crippen MR) is 186 cm³/mol. The van der Waals surface area contributed by atoms with Crippen molar-refractivity contribution in [2.24, 2.45) is 0 Å². The minimum Gasteiger partial charge on any atom is -0.481 e. The van der Waals surface area contributed by atoms with Crippen molar-refractivity contribution in [3.05, 3.63) is 12.2 Å². The highest BCUT2D eigenvalue weighted by Gasteiger charge is 1.97. The Morgan fingerprint density at radius 3 is 0.854 bits per heavy atom. The van der Waals surface area contributed by atoms with Crippen molar-refractivity contribution in [3.63, 3.8) is 0 Å². The van der Waals surface area contributed by atoms with Gasteiger partial charge in [-0.1, -0.05) is 96.1 Å². The van der Waals surface area contributed by atoms with Gasteiger partial charge in [-0.25, -0.2) is 0 Å². The zero-order valence-corrected chi connectivity index (χ0v) is 29.6. The zero-order valence-electron chi connectivity index (χ0n) is 29.6. The Hall–Kier alpha value is -1.27. The molecule has 0 amide bonds. The summed E-state index contributed by atoms with van der Waals surface area (Å²) in [5.74, 6) is -0.656. The average molecular weight is 707 g/mol. The van der Waals surface area contributed by atoms with Gasteiger partial charge in [-0.3, -0.25) is 4.79 Å². The smallest absolute Gasteiger partial charge is 0.303 e. The first kappa shape index (κ1) is 56.1. The van der Waals surface area contributed by atoms with Crippen LogP contribution < -0.4 is 0 Å². The lowest BCUT2D eigenvalue weighted by atomic mass is 10.1. The second kappa shape index (κ2) is 52.5. The number of unbranched alkanes of at least 4 members (excludes halogenated alkanes) is 15. The summed E-state index contributed by atoms with van der Waals surface area (Å²) in [6.45, 7) is -0.645. The van der Waals surface area contributed by atoms with Gasteiger partial charge in [-0.2, -0.15) is 0 Å². The maximum absolute atomic E-state index is 10.4. The zero-order chi connectivity index (χ0) is 37.7. The van der Waals surface area contributed by atoms with Crippen LogP contribution in [-0.2, 0) is 4.79 Å². The van der Waals surface area contributed by atoms with Crippen molar-refractivity contribution in [2.75, 3.05) is 52.9 Å². The second-order valence-electron chi connectivity index (χ2n) is 11.2. The molecule has 0 saturated heterocycles. The molecule has 0 spiro atoms. The summed E-state index contributed by atoms with van der Waals surface area (Å²) < 4.78 is 0. The summed E-state index contributed by atoms with van der Waals surface area (Å²) in [6.07, 6.45) is 23.3. The minimum absolute atomic E-state index is 0.340. The molecule has 0 radical (unpaired) electrons. The molecule has 0 aromatic rings. The molecule has 0 rings (SSSR count). The van der Waals surface area contributed by atoms with E-state index >= 15 is 0 Å². The first-order chi connectivity index (χ1) is 23.0. The highest BCUT2D eigenvalue weighted by molar-refractivity contribution is 5.66. The van der Waals surface area contributed by atoms with E-state index in [1.807, 2.05) is 0 Å². The Kier molecular flexibility index (Phi) is 61.4. The number of carboxylic acids is 1. The Bertz CT molecular complexity index is 528. The number of carboxylic acid groups (broad SMARTS) is 1. The fraction of sp³-hybridized carbons (Fsp3) is 0.912. The van der Waals surface area contributed by atoms with Crippen molar-refractivity contribution in [2.45, 2.75) is 147 Å². The average Bonchev–Trinajstić information content (AvgIpc) is 3.11. The number of allylic oxidation sites excluding steroid dienone is 2. The fourth-order valence-corrected chi connectivity index (χ4v) is 3.29. The van der Waals surface area contributed by atoms with Gasteiger partial charge in [-0.15, -0.1) is 0 Å². The predicted octanol–water partition coefficient (Wildman–Crippen LogP) is 0.997. The number of aliphatic hydroxyl groups excluding tert-OH is 12. The molecule has 0 fully saturated rings. The Morgan fingerprint density at radius 1 is 0.417 bits per heavy atom. The minimum atomic E-state index is -0.954. The van der Waals surface area contributed by atoms with E-state index in [-0.39, 0.29) is 52.9 Å². The fourth-order valence-electron chi connectivity index (χ4n) is 3.29. The molecule has 0 aliphatic carbocycles. The van der Waals surface area contributed by atoms with E-state index in [1.54, 1.807) is 0 Å². The Morgan fingerprint density at radius 2 is 0.646 bits per heavy atom. The third-order valence-corrected chi connectivity index (χ3v) is 6.34. The van der Waals surface area contributed by atoms with Gasteiger partial charge in [0.05, 0.1) is 52.9 Å². The summed E-state index contributed by atoms with van der Waals surface area (Å²) in [5.41, 5.74) is 0. The number of hydrogen-bond acceptors (Lipinski definition) is 13. The van der Waals surface area contributed by atoms with E-state index in [0.717, 1.165) is 12.8 Å². The van der Waals surface area contributed by atoms with Crippen molar-refractivity contribution < 1.29 is 71.2 Å². The number of aliphatic hydroxyl groups is 12. The molecule has 0 aromatic heterocycles. The molecule has 0 unspecified atom stereocenters. The maximum Gasteiger partial charge on any atom is 0.303 e. The molecular formula is C34H74O14. The lowest BCUT2D eigenvalue weighted by molar-refractivity contribution is -0.137. The molecule has 14 nitrogen and oxygen atoms in total. The molecule has 0 heterocycles. The van der Waals surface area contributed by atoms with Crippen molar-refractivity contribution >= 4 is 5.97 Å². The van der Waals surface area contributed by atoms with Gasteiger partial charge in [0.2, 0.25) is 0 Å². The van der Waals surface area contributed by atoms with Crippen LogP contribution in [-0.4, -0.2) is 150 Å². The second-order valence-corrected chi connectivity index (χ2v) is 11.2. The molecule has 0 saturated carbocycles. The van der Waals surface area contributed by atoms with E-state index < -0.39 is 30.4 Å². The molecule has 0 aliphatic rings. The summed E-state index contributed by atoms with van der Waals surface area (Å²) in [4.78, 5) is 10.4. The number of aliphatic carboxylic acids is 1. The largest absolute Gasteiger partial charge is 0.481 e. The highest BCUT2D eigenvalue weighted by Crippen LogP contribution is 2.12. The summed E-state index contributed by atoms with van der Waals surface area (Å²) >= 11 is 0. The van der Waals surface area contributed by atoms with Crippen LogP contribution in [0.2, 0.25) is 0 Å². The highest BCUT2D eigenvalue weighted by atomic mass is 16.4. The Labute approximate surface area is 289 Å². The maximum atomic E-state index is 10.4. The van der Waals surface area contributed by atoms with Crippen LogP contribution in [0.1, 0.15) is 122 Å². The molecule has 294 valence electrons. The van der Waals surface area contributed by atoms with E-state index in [0.29, 0.717) is 6.42 Å². The van der Waals surface area contributed by atoms with Gasteiger partial charge in [0.1, 0.15) is 24.4 Å². The molecule has 0 aliphatic heterocycles. The van der Waals surface area contributed by atoms with Gasteiger partial charge >= 0.3 is 5.97 Å². The molecule has 13 N–H and O–H groups in total. The van der Waals surface area contributed by atoms with Gasteiger partial charge in [0, 0.05) is 6.42 Å². The molecule has 0 aromatic carbocycles. The third-order valence-electron chi connectivity index (χ3n) is 6.34.